The topological polar surface area (TPSA) is 21.3 Å². The predicted molar refractivity (Wildman–Crippen MR) is 95.3 cm³/mol. The van der Waals surface area contributed by atoms with Crippen molar-refractivity contribution in [1.82, 2.24) is 5.32 Å². The molecule has 1 heterocycles. The first-order valence-corrected chi connectivity index (χ1v) is 8.46. The number of ether oxygens (including phenoxy) is 1. The van der Waals surface area contributed by atoms with E-state index in [1.165, 1.54) is 20.3 Å². The van der Waals surface area contributed by atoms with Crippen molar-refractivity contribution in [2.45, 2.75) is 25.5 Å². The van der Waals surface area contributed by atoms with Gasteiger partial charge in [0.05, 0.1) is 6.04 Å². The summed E-state index contributed by atoms with van der Waals surface area (Å²) in [5.74, 6) is 1.02. The maximum absolute atomic E-state index is 6.17. The Balaban J connectivity index is 2.01. The molecule has 0 saturated carbocycles. The lowest BCUT2D eigenvalue weighted by Gasteiger charge is -2.19. The molecule has 2 aromatic carbocycles. The molecule has 0 saturated heterocycles. The van der Waals surface area contributed by atoms with Gasteiger partial charge in [0.25, 0.3) is 0 Å². The number of nitrogens with one attached hydrogen (secondary N) is 1. The summed E-state index contributed by atoms with van der Waals surface area (Å²) in [6.45, 7) is 2.11. The Hall–Kier alpha value is -0.780. The Morgan fingerprint density at radius 3 is 2.86 bits per heavy atom. The number of halogens is 2. The highest BCUT2D eigenvalue weighted by Crippen LogP contribution is 2.34. The average Bonchev–Trinajstić information content (AvgIpc) is 2.83. The minimum absolute atomic E-state index is 0.136. The van der Waals surface area contributed by atoms with Crippen LogP contribution in [0, 0.1) is 3.57 Å². The predicted octanol–water partition coefficient (Wildman–Crippen LogP) is 4.58. The van der Waals surface area contributed by atoms with Crippen LogP contribution < -0.4 is 10.1 Å². The van der Waals surface area contributed by atoms with E-state index in [0.717, 1.165) is 17.2 Å². The number of fused-ring (bicyclic) bond motifs is 1. The molecule has 0 fully saturated rings. The van der Waals surface area contributed by atoms with Crippen molar-refractivity contribution in [3.8, 4) is 5.75 Å². The minimum atomic E-state index is 0.136. The standard InChI is InChI=1S/C17H17ClINO/c1-10-7-12-8-11(3-6-16(12)21-10)17(20-2)14-9-13(18)4-5-15(14)19/h3-6,8-10,17,20H,7H2,1-2H3. The van der Waals surface area contributed by atoms with Crippen LogP contribution in [0.1, 0.15) is 29.7 Å². The van der Waals surface area contributed by atoms with Crippen molar-refractivity contribution >= 4 is 34.2 Å². The molecule has 0 spiro atoms. The molecule has 2 unspecified atom stereocenters. The van der Waals surface area contributed by atoms with Crippen molar-refractivity contribution in [3.05, 3.63) is 61.7 Å². The maximum atomic E-state index is 6.17. The highest BCUT2D eigenvalue weighted by Gasteiger charge is 2.22. The summed E-state index contributed by atoms with van der Waals surface area (Å²) in [5.41, 5.74) is 3.74. The van der Waals surface area contributed by atoms with E-state index in [1.54, 1.807) is 0 Å². The zero-order valence-corrected chi connectivity index (χ0v) is 14.9. The Kier molecular flexibility index (Phi) is 4.43. The Morgan fingerprint density at radius 1 is 1.29 bits per heavy atom. The molecule has 0 aromatic heterocycles. The molecule has 3 rings (SSSR count). The third-order valence-corrected chi connectivity index (χ3v) is 5.03. The molecule has 2 aromatic rings. The summed E-state index contributed by atoms with van der Waals surface area (Å²) < 4.78 is 6.99. The first kappa shape index (κ1) is 15.1. The van der Waals surface area contributed by atoms with Crippen LogP contribution >= 0.6 is 34.2 Å². The molecule has 1 N–H and O–H groups in total. The fourth-order valence-electron chi connectivity index (χ4n) is 2.86. The molecule has 21 heavy (non-hydrogen) atoms. The molecule has 0 amide bonds. The molecule has 1 aliphatic heterocycles. The van der Waals surface area contributed by atoms with Crippen molar-refractivity contribution < 1.29 is 4.74 Å². The monoisotopic (exact) mass is 413 g/mol. The molecule has 0 radical (unpaired) electrons. The van der Waals surface area contributed by atoms with E-state index in [9.17, 15) is 0 Å². The van der Waals surface area contributed by atoms with Crippen LogP contribution in [-0.2, 0) is 6.42 Å². The second-order valence-electron chi connectivity index (χ2n) is 5.39. The molecular formula is C17H17ClINO. The molecule has 0 aliphatic carbocycles. The van der Waals surface area contributed by atoms with E-state index in [1.807, 2.05) is 19.2 Å². The zero-order valence-electron chi connectivity index (χ0n) is 12.0. The van der Waals surface area contributed by atoms with E-state index in [2.05, 4.69) is 59.1 Å². The molecule has 2 nitrogen and oxygen atoms in total. The molecule has 110 valence electrons. The van der Waals surface area contributed by atoms with Gasteiger partial charge in [-0.3, -0.25) is 0 Å². The number of hydrogen-bond acceptors (Lipinski definition) is 2. The van der Waals surface area contributed by atoms with Gasteiger partial charge in [-0.1, -0.05) is 23.7 Å². The number of hydrogen-bond donors (Lipinski definition) is 1. The smallest absolute Gasteiger partial charge is 0.123 e. The zero-order chi connectivity index (χ0) is 15.0. The largest absolute Gasteiger partial charge is 0.490 e. The van der Waals surface area contributed by atoms with Gasteiger partial charge in [-0.05, 0) is 77.5 Å². The summed E-state index contributed by atoms with van der Waals surface area (Å²) >= 11 is 8.53. The SMILES string of the molecule is CNC(c1ccc2c(c1)CC(C)O2)c1cc(Cl)ccc1I. The van der Waals surface area contributed by atoms with Crippen LogP contribution in [0.4, 0.5) is 0 Å². The van der Waals surface area contributed by atoms with Crippen LogP contribution in [0.25, 0.3) is 0 Å². The van der Waals surface area contributed by atoms with Gasteiger partial charge in [0.15, 0.2) is 0 Å². The summed E-state index contributed by atoms with van der Waals surface area (Å²) in [5, 5.41) is 4.17. The number of rotatable bonds is 3. The third kappa shape index (κ3) is 3.05. The van der Waals surface area contributed by atoms with E-state index in [4.69, 9.17) is 16.3 Å². The van der Waals surface area contributed by atoms with Gasteiger partial charge in [0.2, 0.25) is 0 Å². The van der Waals surface area contributed by atoms with Crippen LogP contribution in [0.3, 0.4) is 0 Å². The minimum Gasteiger partial charge on any atom is -0.490 e. The van der Waals surface area contributed by atoms with E-state index in [0.29, 0.717) is 0 Å². The number of benzene rings is 2. The van der Waals surface area contributed by atoms with Crippen LogP contribution in [0.2, 0.25) is 5.02 Å². The summed E-state index contributed by atoms with van der Waals surface area (Å²) in [7, 11) is 1.98. The molecular weight excluding hydrogens is 397 g/mol. The maximum Gasteiger partial charge on any atom is 0.123 e. The van der Waals surface area contributed by atoms with Gasteiger partial charge in [0.1, 0.15) is 11.9 Å². The van der Waals surface area contributed by atoms with E-state index < -0.39 is 0 Å². The van der Waals surface area contributed by atoms with Gasteiger partial charge < -0.3 is 10.1 Å². The van der Waals surface area contributed by atoms with Crippen molar-refractivity contribution in [3.63, 3.8) is 0 Å². The molecule has 4 heteroatoms. The second kappa shape index (κ2) is 6.15. The van der Waals surface area contributed by atoms with Crippen molar-refractivity contribution in [2.24, 2.45) is 0 Å². The highest BCUT2D eigenvalue weighted by atomic mass is 127. The Labute approximate surface area is 144 Å². The normalized spacial score (nSPS) is 18.2. The van der Waals surface area contributed by atoms with Crippen LogP contribution in [0.15, 0.2) is 36.4 Å². The Bertz CT molecular complexity index is 674. The quantitative estimate of drug-likeness (QED) is 0.744. The highest BCUT2D eigenvalue weighted by molar-refractivity contribution is 14.1. The fourth-order valence-corrected chi connectivity index (χ4v) is 3.69. The van der Waals surface area contributed by atoms with Gasteiger partial charge in [-0.2, -0.15) is 0 Å². The summed E-state index contributed by atoms with van der Waals surface area (Å²) in [6.07, 6.45) is 1.25. The van der Waals surface area contributed by atoms with Gasteiger partial charge in [-0.15, -0.1) is 0 Å². The molecule has 0 bridgehead atoms. The van der Waals surface area contributed by atoms with Gasteiger partial charge >= 0.3 is 0 Å². The summed E-state index contributed by atoms with van der Waals surface area (Å²) in [6, 6.07) is 12.6. The second-order valence-corrected chi connectivity index (χ2v) is 6.99. The van der Waals surface area contributed by atoms with Gasteiger partial charge in [-0.25, -0.2) is 0 Å². The third-order valence-electron chi connectivity index (χ3n) is 3.81. The van der Waals surface area contributed by atoms with Crippen LogP contribution in [0.5, 0.6) is 5.75 Å². The lowest BCUT2D eigenvalue weighted by molar-refractivity contribution is 0.254. The van der Waals surface area contributed by atoms with Gasteiger partial charge in [0, 0.05) is 15.0 Å². The average molecular weight is 414 g/mol. The van der Waals surface area contributed by atoms with Crippen molar-refractivity contribution in [2.75, 3.05) is 7.05 Å². The lowest BCUT2D eigenvalue weighted by atomic mass is 9.96. The fraction of sp³-hybridized carbons (Fsp3) is 0.294. The molecule has 1 aliphatic rings. The molecule has 2 atom stereocenters. The first-order valence-electron chi connectivity index (χ1n) is 7.00. The summed E-state index contributed by atoms with van der Waals surface area (Å²) in [4.78, 5) is 0. The lowest BCUT2D eigenvalue weighted by Crippen LogP contribution is -2.18. The van der Waals surface area contributed by atoms with E-state index in [-0.39, 0.29) is 12.1 Å². The Morgan fingerprint density at radius 2 is 2.10 bits per heavy atom. The van der Waals surface area contributed by atoms with E-state index >= 15 is 0 Å². The van der Waals surface area contributed by atoms with Crippen LogP contribution in [-0.4, -0.2) is 13.2 Å². The first-order chi connectivity index (χ1) is 10.1. The van der Waals surface area contributed by atoms with Crippen molar-refractivity contribution in [1.29, 1.82) is 0 Å².